The summed E-state index contributed by atoms with van der Waals surface area (Å²) in [7, 11) is 0. The summed E-state index contributed by atoms with van der Waals surface area (Å²) in [5.41, 5.74) is 3.89. The molecule has 0 aliphatic carbocycles. The van der Waals surface area contributed by atoms with Crippen molar-refractivity contribution < 1.29 is 24.7 Å². The first-order chi connectivity index (χ1) is 15.5. The van der Waals surface area contributed by atoms with Crippen LogP contribution in [-0.4, -0.2) is 52.8 Å². The van der Waals surface area contributed by atoms with Crippen LogP contribution < -0.4 is 21.0 Å². The van der Waals surface area contributed by atoms with Crippen molar-refractivity contribution in [3.63, 3.8) is 0 Å². The summed E-state index contributed by atoms with van der Waals surface area (Å²) in [4.78, 5) is 41.6. The van der Waals surface area contributed by atoms with Crippen LogP contribution >= 0.6 is 0 Å². The fourth-order valence-corrected chi connectivity index (χ4v) is 3.17. The van der Waals surface area contributed by atoms with Gasteiger partial charge < -0.3 is 20.6 Å². The number of aliphatic hydroxyl groups is 1. The molecule has 3 aromatic rings. The summed E-state index contributed by atoms with van der Waals surface area (Å²) in [6, 6.07) is 15.1. The van der Waals surface area contributed by atoms with Gasteiger partial charge in [-0.25, -0.2) is 10.3 Å². The summed E-state index contributed by atoms with van der Waals surface area (Å²) in [5, 5.41) is 23.5. The highest BCUT2D eigenvalue weighted by atomic mass is 16.5. The minimum atomic E-state index is -0.886. The topological polar surface area (TPSA) is 144 Å². The van der Waals surface area contributed by atoms with E-state index in [9.17, 15) is 19.5 Å². The third-order valence-electron chi connectivity index (χ3n) is 4.63. The van der Waals surface area contributed by atoms with Gasteiger partial charge in [0.25, 0.3) is 0 Å². The highest BCUT2D eigenvalue weighted by Gasteiger charge is 2.18. The van der Waals surface area contributed by atoms with E-state index in [1.54, 1.807) is 36.5 Å². The number of anilines is 2. The van der Waals surface area contributed by atoms with Gasteiger partial charge in [-0.2, -0.15) is 0 Å². The molecule has 32 heavy (non-hydrogen) atoms. The maximum Gasteiger partial charge on any atom is 0.338 e. The van der Waals surface area contributed by atoms with Gasteiger partial charge in [-0.15, -0.1) is 0 Å². The molecule has 0 radical (unpaired) electrons. The van der Waals surface area contributed by atoms with Crippen molar-refractivity contribution in [2.45, 2.75) is 6.42 Å². The van der Waals surface area contributed by atoms with E-state index in [0.717, 1.165) is 10.9 Å². The van der Waals surface area contributed by atoms with E-state index in [1.165, 1.54) is 10.4 Å². The second kappa shape index (κ2) is 10.8. The molecule has 1 aromatic heterocycles. The van der Waals surface area contributed by atoms with Gasteiger partial charge in [-0.3, -0.25) is 19.8 Å². The van der Waals surface area contributed by atoms with E-state index in [0.29, 0.717) is 16.9 Å². The zero-order valence-electron chi connectivity index (χ0n) is 17.1. The van der Waals surface area contributed by atoms with Crippen LogP contribution in [0.3, 0.4) is 0 Å². The summed E-state index contributed by atoms with van der Waals surface area (Å²) >= 11 is 0. The zero-order valence-corrected chi connectivity index (χ0v) is 17.1. The molecule has 0 saturated heterocycles. The molecule has 0 atom stereocenters. The van der Waals surface area contributed by atoms with E-state index in [-0.39, 0.29) is 32.0 Å². The number of hydroxylamine groups is 1. The number of hydrogen-bond donors (Lipinski definition) is 5. The van der Waals surface area contributed by atoms with Crippen LogP contribution in [0.2, 0.25) is 0 Å². The maximum atomic E-state index is 13.0. The van der Waals surface area contributed by atoms with Crippen LogP contribution in [-0.2, 0) is 16.0 Å². The van der Waals surface area contributed by atoms with Crippen molar-refractivity contribution in [2.24, 2.45) is 0 Å². The number of fused-ring (bicyclic) bond motifs is 1. The molecule has 1 heterocycles. The first kappa shape index (κ1) is 22.7. The number of urea groups is 1. The number of carbonyl (C=O) groups excluding carboxylic acids is 3. The summed E-state index contributed by atoms with van der Waals surface area (Å²) in [6.45, 7) is -0.374. The Labute approximate surface area is 183 Å². The van der Waals surface area contributed by atoms with Crippen LogP contribution in [0.4, 0.5) is 16.2 Å². The van der Waals surface area contributed by atoms with Crippen LogP contribution in [0.1, 0.15) is 5.56 Å². The van der Waals surface area contributed by atoms with E-state index in [4.69, 9.17) is 5.21 Å². The molecule has 0 spiro atoms. The Kier molecular flexibility index (Phi) is 7.68. The molecule has 0 unspecified atom stereocenters. The number of benzene rings is 2. The van der Waals surface area contributed by atoms with Gasteiger partial charge >= 0.3 is 6.03 Å². The van der Waals surface area contributed by atoms with Gasteiger partial charge in [0.1, 0.15) is 0 Å². The molecule has 0 saturated carbocycles. The molecule has 10 heteroatoms. The van der Waals surface area contributed by atoms with Gasteiger partial charge in [0, 0.05) is 23.8 Å². The van der Waals surface area contributed by atoms with Crippen molar-refractivity contribution in [1.29, 1.82) is 0 Å². The SMILES string of the molecule is O=C(CNC(=O)NO)Nc1ccc(CC(=O)N(CCO)c2cccc3cccnc23)cc1. The lowest BCUT2D eigenvalue weighted by Gasteiger charge is -2.23. The molecule has 2 aromatic carbocycles. The minimum Gasteiger partial charge on any atom is -0.395 e. The number of hydrogen-bond acceptors (Lipinski definition) is 6. The number of para-hydroxylation sites is 1. The third-order valence-corrected chi connectivity index (χ3v) is 4.63. The fourth-order valence-electron chi connectivity index (χ4n) is 3.17. The lowest BCUT2D eigenvalue weighted by atomic mass is 10.1. The van der Waals surface area contributed by atoms with E-state index in [2.05, 4.69) is 15.6 Å². The standard InChI is InChI=1S/C22H23N5O5/c28-12-11-27(18-5-1-3-16-4-2-10-23-21(16)18)20(30)13-15-6-8-17(9-7-15)25-19(29)14-24-22(31)26-32/h1-10,28,32H,11-14H2,(H,25,29)(H2,24,26,31). The van der Waals surface area contributed by atoms with Gasteiger partial charge in [-0.05, 0) is 29.8 Å². The Bertz CT molecular complexity index is 1100. The zero-order chi connectivity index (χ0) is 22.9. The highest BCUT2D eigenvalue weighted by molar-refractivity contribution is 6.02. The second-order valence-electron chi connectivity index (χ2n) is 6.84. The van der Waals surface area contributed by atoms with Crippen molar-refractivity contribution in [1.82, 2.24) is 15.8 Å². The minimum absolute atomic E-state index is 0.0929. The van der Waals surface area contributed by atoms with Gasteiger partial charge in [0.2, 0.25) is 11.8 Å². The number of aliphatic hydroxyl groups excluding tert-OH is 1. The molecule has 166 valence electrons. The lowest BCUT2D eigenvalue weighted by molar-refractivity contribution is -0.118. The summed E-state index contributed by atoms with van der Waals surface area (Å²) in [5.74, 6) is -0.678. The van der Waals surface area contributed by atoms with Crippen LogP contribution in [0.25, 0.3) is 10.9 Å². The van der Waals surface area contributed by atoms with Crippen molar-refractivity contribution in [3.8, 4) is 0 Å². The monoisotopic (exact) mass is 437 g/mol. The van der Waals surface area contributed by atoms with Gasteiger partial charge in [0.05, 0.1) is 30.8 Å². The van der Waals surface area contributed by atoms with Crippen molar-refractivity contribution in [2.75, 3.05) is 29.9 Å². The first-order valence-corrected chi connectivity index (χ1v) is 9.83. The van der Waals surface area contributed by atoms with Gasteiger partial charge in [0.15, 0.2) is 0 Å². The molecule has 5 N–H and O–H groups in total. The highest BCUT2D eigenvalue weighted by Crippen LogP contribution is 2.25. The fraction of sp³-hybridized carbons (Fsp3) is 0.182. The molecule has 0 fully saturated rings. The number of nitrogens with one attached hydrogen (secondary N) is 3. The van der Waals surface area contributed by atoms with E-state index >= 15 is 0 Å². The molecule has 0 aliphatic heterocycles. The Balaban J connectivity index is 1.68. The predicted octanol–water partition coefficient (Wildman–Crippen LogP) is 1.43. The average molecular weight is 437 g/mol. The third kappa shape index (κ3) is 5.78. The molecule has 3 rings (SSSR count). The predicted molar refractivity (Wildman–Crippen MR) is 118 cm³/mol. The van der Waals surface area contributed by atoms with E-state index in [1.807, 2.05) is 24.3 Å². The lowest BCUT2D eigenvalue weighted by Crippen LogP contribution is -2.38. The quantitative estimate of drug-likeness (QED) is 0.266. The number of aromatic nitrogens is 1. The Morgan fingerprint density at radius 2 is 1.75 bits per heavy atom. The van der Waals surface area contributed by atoms with Crippen LogP contribution in [0, 0.1) is 0 Å². The normalized spacial score (nSPS) is 10.4. The van der Waals surface area contributed by atoms with Crippen molar-refractivity contribution >= 4 is 40.1 Å². The smallest absolute Gasteiger partial charge is 0.338 e. The Morgan fingerprint density at radius 1 is 1.00 bits per heavy atom. The van der Waals surface area contributed by atoms with Gasteiger partial charge in [-0.1, -0.05) is 30.3 Å². The van der Waals surface area contributed by atoms with Crippen LogP contribution in [0.5, 0.6) is 0 Å². The van der Waals surface area contributed by atoms with E-state index < -0.39 is 11.9 Å². The summed E-state index contributed by atoms with van der Waals surface area (Å²) in [6.07, 6.45) is 1.75. The molecule has 0 aliphatic rings. The number of amides is 4. The number of rotatable bonds is 8. The Morgan fingerprint density at radius 3 is 2.47 bits per heavy atom. The number of pyridine rings is 1. The number of nitrogens with zero attached hydrogens (tertiary/aromatic N) is 2. The Hall–Kier alpha value is -4.02. The van der Waals surface area contributed by atoms with Crippen molar-refractivity contribution in [3.05, 3.63) is 66.4 Å². The molecule has 0 bridgehead atoms. The average Bonchev–Trinajstić information content (AvgIpc) is 2.82. The first-order valence-electron chi connectivity index (χ1n) is 9.83. The van der Waals surface area contributed by atoms with Crippen LogP contribution in [0.15, 0.2) is 60.8 Å². The molecule has 10 nitrogen and oxygen atoms in total. The number of carbonyl (C=O) groups is 3. The second-order valence-corrected chi connectivity index (χ2v) is 6.84. The largest absolute Gasteiger partial charge is 0.395 e. The summed E-state index contributed by atoms with van der Waals surface area (Å²) < 4.78 is 0. The molecular weight excluding hydrogens is 414 g/mol. The molecular formula is C22H23N5O5. The maximum absolute atomic E-state index is 13.0. The molecule has 4 amide bonds.